The van der Waals surface area contributed by atoms with Gasteiger partial charge in [-0.05, 0) is 37.8 Å². The van der Waals surface area contributed by atoms with Crippen molar-refractivity contribution < 1.29 is 13.2 Å². The summed E-state index contributed by atoms with van der Waals surface area (Å²) in [5.74, 6) is 0.00593. The van der Waals surface area contributed by atoms with Gasteiger partial charge in [-0.15, -0.1) is 0 Å². The molecule has 1 aromatic rings. The number of carbonyl (C=O) groups excluding carboxylic acids is 1. The van der Waals surface area contributed by atoms with Gasteiger partial charge < -0.3 is 5.32 Å². The highest BCUT2D eigenvalue weighted by molar-refractivity contribution is 7.89. The summed E-state index contributed by atoms with van der Waals surface area (Å²) in [7, 11) is -3.12. The first kappa shape index (κ1) is 17.7. The molecule has 1 heterocycles. The number of nitrogens with one attached hydrogen (secondary N) is 1. The minimum atomic E-state index is -3.12. The first-order valence-corrected chi connectivity index (χ1v) is 9.55. The van der Waals surface area contributed by atoms with Crippen LogP contribution in [0.1, 0.15) is 32.3 Å². The average Bonchev–Trinajstić information content (AvgIpc) is 2.56. The van der Waals surface area contributed by atoms with Crippen molar-refractivity contribution in [2.24, 2.45) is 0 Å². The van der Waals surface area contributed by atoms with Crippen LogP contribution in [0, 0.1) is 0 Å². The number of carbonyl (C=O) groups is 1. The Hall–Kier alpha value is -1.66. The second kappa shape index (κ2) is 7.75. The number of sulfonamides is 1. The molecule has 1 saturated heterocycles. The Kier molecular flexibility index (Phi) is 5.96. The van der Waals surface area contributed by atoms with Crippen molar-refractivity contribution in [1.29, 1.82) is 0 Å². The van der Waals surface area contributed by atoms with Crippen LogP contribution in [-0.2, 0) is 14.8 Å². The summed E-state index contributed by atoms with van der Waals surface area (Å²) in [6, 6.07) is 9.78. The number of amides is 1. The quantitative estimate of drug-likeness (QED) is 0.837. The maximum Gasteiger partial charge on any atom is 0.244 e. The average molecular weight is 336 g/mol. The van der Waals surface area contributed by atoms with Crippen LogP contribution in [0.3, 0.4) is 0 Å². The molecule has 1 N–H and O–H groups in total. The molecule has 1 fully saturated rings. The van der Waals surface area contributed by atoms with Crippen LogP contribution in [0.4, 0.5) is 0 Å². The molecule has 23 heavy (non-hydrogen) atoms. The van der Waals surface area contributed by atoms with E-state index in [2.05, 4.69) is 5.32 Å². The van der Waals surface area contributed by atoms with Crippen LogP contribution in [0.5, 0.6) is 0 Å². The largest absolute Gasteiger partial charge is 0.350 e. The summed E-state index contributed by atoms with van der Waals surface area (Å²) in [5, 5.41) is 2.97. The van der Waals surface area contributed by atoms with Crippen molar-refractivity contribution >= 4 is 21.5 Å². The molecule has 1 aliphatic rings. The number of allylic oxidation sites excluding steroid dienone is 1. The molecule has 0 radical (unpaired) electrons. The van der Waals surface area contributed by atoms with Crippen LogP contribution >= 0.6 is 0 Å². The third kappa shape index (κ3) is 4.91. The van der Waals surface area contributed by atoms with Gasteiger partial charge in [-0.3, -0.25) is 4.79 Å². The highest BCUT2D eigenvalue weighted by Crippen LogP contribution is 2.15. The van der Waals surface area contributed by atoms with E-state index in [1.54, 1.807) is 13.0 Å². The molecule has 0 spiro atoms. The van der Waals surface area contributed by atoms with Crippen molar-refractivity contribution in [3.8, 4) is 0 Å². The lowest BCUT2D eigenvalue weighted by Gasteiger charge is -2.31. The topological polar surface area (TPSA) is 66.5 Å². The third-order valence-electron chi connectivity index (χ3n) is 4.14. The maximum atomic E-state index is 12.1. The van der Waals surface area contributed by atoms with E-state index in [1.807, 2.05) is 37.3 Å². The van der Waals surface area contributed by atoms with Crippen molar-refractivity contribution in [2.45, 2.75) is 32.7 Å². The minimum Gasteiger partial charge on any atom is -0.350 e. The molecule has 0 atom stereocenters. The molecule has 6 heteroatoms. The third-order valence-corrected chi connectivity index (χ3v) is 6.02. The van der Waals surface area contributed by atoms with Gasteiger partial charge in [0.05, 0.1) is 5.75 Å². The molecule has 1 aromatic carbocycles. The van der Waals surface area contributed by atoms with Gasteiger partial charge >= 0.3 is 0 Å². The standard InChI is InChI=1S/C17H24N2O3S/c1-3-23(21,22)19-11-9-16(10-12-19)18-17(20)13-14(2)15-7-5-4-6-8-15/h4-8,13,16H,3,9-12H2,1-2H3,(H,18,20)/b14-13+. The molecule has 0 aliphatic carbocycles. The normalized spacial score (nSPS) is 17.9. The predicted molar refractivity (Wildman–Crippen MR) is 92.3 cm³/mol. The first-order chi connectivity index (χ1) is 10.9. The zero-order chi connectivity index (χ0) is 16.9. The fraction of sp³-hybridized carbons (Fsp3) is 0.471. The van der Waals surface area contributed by atoms with Gasteiger partial charge in [-0.25, -0.2) is 12.7 Å². The summed E-state index contributed by atoms with van der Waals surface area (Å²) in [6.07, 6.45) is 2.91. The lowest BCUT2D eigenvalue weighted by molar-refractivity contribution is -0.117. The monoisotopic (exact) mass is 336 g/mol. The second-order valence-corrected chi connectivity index (χ2v) is 8.03. The van der Waals surface area contributed by atoms with Gasteiger partial charge in [0.15, 0.2) is 0 Å². The Balaban J connectivity index is 1.88. The molecule has 1 aliphatic heterocycles. The Morgan fingerprint density at radius 3 is 2.43 bits per heavy atom. The molecular weight excluding hydrogens is 312 g/mol. The minimum absolute atomic E-state index is 0.0330. The van der Waals surface area contributed by atoms with Crippen molar-refractivity contribution in [3.05, 3.63) is 42.0 Å². The molecule has 0 aromatic heterocycles. The number of hydrogen-bond donors (Lipinski definition) is 1. The molecule has 0 unspecified atom stereocenters. The number of piperidine rings is 1. The maximum absolute atomic E-state index is 12.1. The summed E-state index contributed by atoms with van der Waals surface area (Å²) >= 11 is 0. The van der Waals surface area contributed by atoms with E-state index in [-0.39, 0.29) is 17.7 Å². The lowest BCUT2D eigenvalue weighted by Crippen LogP contribution is -2.46. The molecule has 126 valence electrons. The first-order valence-electron chi connectivity index (χ1n) is 7.94. The van der Waals surface area contributed by atoms with Crippen molar-refractivity contribution in [3.63, 3.8) is 0 Å². The molecular formula is C17H24N2O3S. The van der Waals surface area contributed by atoms with Gasteiger partial charge in [0.2, 0.25) is 15.9 Å². The SMILES string of the molecule is CCS(=O)(=O)N1CCC(NC(=O)/C=C(\C)c2ccccc2)CC1. The fourth-order valence-electron chi connectivity index (χ4n) is 2.68. The Morgan fingerprint density at radius 1 is 1.26 bits per heavy atom. The van der Waals surface area contributed by atoms with E-state index in [0.29, 0.717) is 25.9 Å². The van der Waals surface area contributed by atoms with Crippen LogP contribution in [0.15, 0.2) is 36.4 Å². The van der Waals surface area contributed by atoms with Gasteiger partial charge in [0.25, 0.3) is 0 Å². The molecule has 0 saturated carbocycles. The van der Waals surface area contributed by atoms with E-state index in [4.69, 9.17) is 0 Å². The van der Waals surface area contributed by atoms with Crippen LogP contribution in [-0.4, -0.2) is 43.5 Å². The van der Waals surface area contributed by atoms with E-state index in [0.717, 1.165) is 11.1 Å². The molecule has 0 bridgehead atoms. The molecule has 2 rings (SSSR count). The highest BCUT2D eigenvalue weighted by Gasteiger charge is 2.27. The van der Waals surface area contributed by atoms with Gasteiger partial charge in [-0.2, -0.15) is 0 Å². The predicted octanol–water partition coefficient (Wildman–Crippen LogP) is 2.02. The number of hydrogen-bond acceptors (Lipinski definition) is 3. The summed E-state index contributed by atoms with van der Waals surface area (Å²) in [6.45, 7) is 4.51. The smallest absolute Gasteiger partial charge is 0.244 e. The number of rotatable bonds is 5. The van der Waals surface area contributed by atoms with Crippen LogP contribution in [0.2, 0.25) is 0 Å². The second-order valence-electron chi connectivity index (χ2n) is 5.78. The summed E-state index contributed by atoms with van der Waals surface area (Å²) < 4.78 is 25.1. The number of benzene rings is 1. The summed E-state index contributed by atoms with van der Waals surface area (Å²) in [4.78, 5) is 12.1. The lowest BCUT2D eigenvalue weighted by atomic mass is 10.1. The van der Waals surface area contributed by atoms with Crippen LogP contribution < -0.4 is 5.32 Å². The summed E-state index contributed by atoms with van der Waals surface area (Å²) in [5.41, 5.74) is 1.93. The van der Waals surface area contributed by atoms with E-state index in [1.165, 1.54) is 4.31 Å². The molecule has 5 nitrogen and oxygen atoms in total. The van der Waals surface area contributed by atoms with Gasteiger partial charge in [-0.1, -0.05) is 30.3 Å². The Labute approximate surface area is 138 Å². The number of nitrogens with zero attached hydrogens (tertiary/aromatic N) is 1. The zero-order valence-corrected chi connectivity index (χ0v) is 14.5. The van der Waals surface area contributed by atoms with Crippen molar-refractivity contribution in [2.75, 3.05) is 18.8 Å². The molecule has 1 amide bonds. The Bertz CT molecular complexity index is 660. The van der Waals surface area contributed by atoms with E-state index in [9.17, 15) is 13.2 Å². The van der Waals surface area contributed by atoms with Gasteiger partial charge in [0.1, 0.15) is 0 Å². The Morgan fingerprint density at radius 2 is 1.87 bits per heavy atom. The van der Waals surface area contributed by atoms with E-state index >= 15 is 0 Å². The van der Waals surface area contributed by atoms with E-state index < -0.39 is 10.0 Å². The highest BCUT2D eigenvalue weighted by atomic mass is 32.2. The van der Waals surface area contributed by atoms with Crippen LogP contribution in [0.25, 0.3) is 5.57 Å². The van der Waals surface area contributed by atoms with Gasteiger partial charge in [0, 0.05) is 25.2 Å². The van der Waals surface area contributed by atoms with Crippen molar-refractivity contribution in [1.82, 2.24) is 9.62 Å². The fourth-order valence-corrected chi connectivity index (χ4v) is 3.82. The zero-order valence-electron chi connectivity index (χ0n) is 13.7.